The number of nitrogens with one attached hydrogen (secondary N) is 1. The van der Waals surface area contributed by atoms with Gasteiger partial charge >= 0.3 is 6.03 Å². The average molecular weight is 318 g/mol. The van der Waals surface area contributed by atoms with Crippen LogP contribution < -0.4 is 10.2 Å². The first-order valence-electron chi connectivity index (χ1n) is 5.74. The van der Waals surface area contributed by atoms with E-state index in [0.717, 1.165) is 17.2 Å². The third-order valence-electron chi connectivity index (χ3n) is 2.55. The molecule has 1 fully saturated rings. The van der Waals surface area contributed by atoms with Crippen molar-refractivity contribution >= 4 is 27.7 Å². The number of carbonyl (C=O) groups excluding carboxylic acids is 2. The summed E-state index contributed by atoms with van der Waals surface area (Å²) in [5, 5.41) is 8.68. The largest absolute Gasteiger partial charge is 0.328 e. The molecule has 0 saturated carbocycles. The van der Waals surface area contributed by atoms with E-state index in [2.05, 4.69) is 14.4 Å². The molecule has 1 aliphatic rings. The third kappa shape index (κ3) is 3.92. The summed E-state index contributed by atoms with van der Waals surface area (Å²) >= 11 is 0. The fraction of sp³-hybridized carbons (Fsp3) is 0.400. The highest BCUT2D eigenvalue weighted by atomic mass is 32.2. The Labute approximate surface area is 119 Å². The lowest BCUT2D eigenvalue weighted by molar-refractivity contribution is -0.120. The zero-order chi connectivity index (χ0) is 15.6. The Kier molecular flexibility index (Phi) is 4.14. The Hall–Kier alpha value is -2.14. The van der Waals surface area contributed by atoms with E-state index in [-0.39, 0.29) is 24.3 Å². The molecule has 0 aliphatic carbocycles. The van der Waals surface area contributed by atoms with Gasteiger partial charge in [-0.25, -0.2) is 4.79 Å². The van der Waals surface area contributed by atoms with Crippen LogP contribution in [0, 0.1) is 5.95 Å². The number of hydrogen-bond acceptors (Lipinski definition) is 7. The molecule has 21 heavy (non-hydrogen) atoms. The van der Waals surface area contributed by atoms with Crippen molar-refractivity contribution in [1.29, 1.82) is 0 Å². The number of amides is 3. The number of urea groups is 1. The van der Waals surface area contributed by atoms with E-state index in [4.69, 9.17) is 0 Å². The highest BCUT2D eigenvalue weighted by Crippen LogP contribution is 2.20. The number of rotatable bonds is 4. The molecule has 9 nitrogen and oxygen atoms in total. The van der Waals surface area contributed by atoms with Gasteiger partial charge in [-0.05, 0) is 6.07 Å². The van der Waals surface area contributed by atoms with Crippen molar-refractivity contribution < 1.29 is 26.6 Å². The topological polar surface area (TPSA) is 119 Å². The summed E-state index contributed by atoms with van der Waals surface area (Å²) in [5.41, 5.74) is -0.177. The van der Waals surface area contributed by atoms with Crippen LogP contribution >= 0.6 is 0 Å². The van der Waals surface area contributed by atoms with Gasteiger partial charge in [0.2, 0.25) is 5.91 Å². The maximum atomic E-state index is 13.7. The van der Waals surface area contributed by atoms with Crippen molar-refractivity contribution in [3.8, 4) is 0 Å². The Morgan fingerprint density at radius 2 is 2.14 bits per heavy atom. The third-order valence-corrected chi connectivity index (χ3v) is 3.09. The molecule has 2 heterocycles. The number of imide groups is 1. The lowest BCUT2D eigenvalue weighted by Gasteiger charge is -2.26. The molecular weight excluding hydrogens is 307 g/mol. The highest BCUT2D eigenvalue weighted by molar-refractivity contribution is 7.85. The van der Waals surface area contributed by atoms with Crippen molar-refractivity contribution in [3.63, 3.8) is 0 Å². The smallest absolute Gasteiger partial charge is 0.289 e. The molecule has 0 bridgehead atoms. The fourth-order valence-corrected chi connectivity index (χ4v) is 1.96. The maximum Gasteiger partial charge on any atom is 0.328 e. The minimum Gasteiger partial charge on any atom is -0.289 e. The van der Waals surface area contributed by atoms with E-state index >= 15 is 0 Å². The van der Waals surface area contributed by atoms with E-state index in [9.17, 15) is 22.4 Å². The molecule has 1 N–H and O–H groups in total. The second-order valence-corrected chi connectivity index (χ2v) is 5.88. The van der Waals surface area contributed by atoms with Crippen LogP contribution in [0.25, 0.3) is 0 Å². The van der Waals surface area contributed by atoms with Crippen molar-refractivity contribution in [2.45, 2.75) is 13.0 Å². The van der Waals surface area contributed by atoms with Gasteiger partial charge in [0.25, 0.3) is 16.1 Å². The Morgan fingerprint density at radius 3 is 2.76 bits per heavy atom. The summed E-state index contributed by atoms with van der Waals surface area (Å²) in [4.78, 5) is 23.7. The SMILES string of the molecule is CS(=O)(=O)OCc1cc(N2CCC(=O)NC2=O)c(F)nn1. The number of halogens is 1. The molecule has 0 aromatic carbocycles. The van der Waals surface area contributed by atoms with Crippen molar-refractivity contribution in [1.82, 2.24) is 15.5 Å². The summed E-state index contributed by atoms with van der Waals surface area (Å²) in [5.74, 6) is -1.47. The van der Waals surface area contributed by atoms with E-state index in [1.165, 1.54) is 0 Å². The van der Waals surface area contributed by atoms with Crippen LogP contribution in [0.2, 0.25) is 0 Å². The predicted molar refractivity (Wildman–Crippen MR) is 67.1 cm³/mol. The highest BCUT2D eigenvalue weighted by Gasteiger charge is 2.27. The van der Waals surface area contributed by atoms with Crippen LogP contribution in [0.3, 0.4) is 0 Å². The van der Waals surface area contributed by atoms with Gasteiger partial charge in [-0.1, -0.05) is 0 Å². The molecule has 0 unspecified atom stereocenters. The maximum absolute atomic E-state index is 13.7. The monoisotopic (exact) mass is 318 g/mol. The molecule has 2 rings (SSSR count). The molecule has 11 heteroatoms. The molecule has 1 aromatic rings. The average Bonchev–Trinajstić information content (AvgIpc) is 2.37. The Morgan fingerprint density at radius 1 is 1.43 bits per heavy atom. The molecule has 0 atom stereocenters. The molecule has 1 aromatic heterocycles. The lowest BCUT2D eigenvalue weighted by atomic mass is 10.2. The second-order valence-electron chi connectivity index (χ2n) is 4.23. The van der Waals surface area contributed by atoms with Crippen molar-refractivity contribution in [2.75, 3.05) is 17.7 Å². The van der Waals surface area contributed by atoms with Crippen LogP contribution in [0.1, 0.15) is 12.1 Å². The summed E-state index contributed by atoms with van der Waals surface area (Å²) in [6.45, 7) is -0.451. The minimum atomic E-state index is -3.69. The summed E-state index contributed by atoms with van der Waals surface area (Å²) in [7, 11) is -3.69. The molecule has 0 spiro atoms. The van der Waals surface area contributed by atoms with E-state index in [1.807, 2.05) is 5.32 Å². The van der Waals surface area contributed by atoms with Crippen LogP contribution in [-0.2, 0) is 25.7 Å². The quantitative estimate of drug-likeness (QED) is 0.746. The van der Waals surface area contributed by atoms with Crippen molar-refractivity contribution in [2.24, 2.45) is 0 Å². The molecule has 0 radical (unpaired) electrons. The van der Waals surface area contributed by atoms with Gasteiger partial charge in [0, 0.05) is 13.0 Å². The van der Waals surface area contributed by atoms with Crippen molar-refractivity contribution in [3.05, 3.63) is 17.7 Å². The predicted octanol–water partition coefficient (Wildman–Crippen LogP) is -0.462. The normalized spacial score (nSPS) is 16.0. The number of aromatic nitrogens is 2. The first-order chi connectivity index (χ1) is 9.76. The van der Waals surface area contributed by atoms with Crippen LogP contribution in [-0.4, -0.2) is 43.4 Å². The van der Waals surface area contributed by atoms with Gasteiger partial charge in [-0.2, -0.15) is 12.8 Å². The number of anilines is 1. The van der Waals surface area contributed by atoms with Gasteiger partial charge in [-0.3, -0.25) is 19.2 Å². The van der Waals surface area contributed by atoms with E-state index < -0.39 is 34.6 Å². The number of nitrogens with zero attached hydrogens (tertiary/aromatic N) is 3. The van der Waals surface area contributed by atoms with Gasteiger partial charge in [-0.15, -0.1) is 10.2 Å². The van der Waals surface area contributed by atoms with E-state index in [0.29, 0.717) is 0 Å². The fourth-order valence-electron chi connectivity index (χ4n) is 1.63. The molecule has 1 aliphatic heterocycles. The second kappa shape index (κ2) is 5.69. The van der Waals surface area contributed by atoms with Gasteiger partial charge in [0.05, 0.1) is 11.9 Å². The van der Waals surface area contributed by atoms with Crippen LogP contribution in [0.15, 0.2) is 6.07 Å². The summed E-state index contributed by atoms with van der Waals surface area (Å²) in [6, 6.07) is 0.358. The molecule has 114 valence electrons. The first-order valence-corrected chi connectivity index (χ1v) is 7.56. The first kappa shape index (κ1) is 15.3. The van der Waals surface area contributed by atoms with Crippen LogP contribution in [0.5, 0.6) is 0 Å². The van der Waals surface area contributed by atoms with E-state index in [1.54, 1.807) is 0 Å². The Balaban J connectivity index is 2.23. The summed E-state index contributed by atoms with van der Waals surface area (Å²) < 4.78 is 40.0. The van der Waals surface area contributed by atoms with Gasteiger partial charge < -0.3 is 0 Å². The zero-order valence-corrected chi connectivity index (χ0v) is 11.7. The van der Waals surface area contributed by atoms with Crippen LogP contribution in [0.4, 0.5) is 14.9 Å². The minimum absolute atomic E-state index is 0.0142. The number of carbonyl (C=O) groups is 2. The standard InChI is InChI=1S/C10H11FN4O5S/c1-21(18,19)20-5-6-4-7(9(11)14-13-6)15-3-2-8(16)12-10(15)17/h4H,2-3,5H2,1H3,(H,12,16,17). The molecule has 3 amide bonds. The summed E-state index contributed by atoms with van der Waals surface area (Å²) in [6.07, 6.45) is 0.872. The molecule has 1 saturated heterocycles. The number of hydrogen-bond donors (Lipinski definition) is 1. The molecular formula is C10H11FN4O5S. The van der Waals surface area contributed by atoms with Gasteiger partial charge in [0.1, 0.15) is 12.3 Å². The Bertz CT molecular complexity index is 693. The lowest BCUT2D eigenvalue weighted by Crippen LogP contribution is -2.50. The van der Waals surface area contributed by atoms with Gasteiger partial charge in [0.15, 0.2) is 0 Å². The zero-order valence-electron chi connectivity index (χ0n) is 10.9.